The summed E-state index contributed by atoms with van der Waals surface area (Å²) in [5.74, 6) is -0.0180. The molecule has 1 saturated heterocycles. The predicted octanol–water partition coefficient (Wildman–Crippen LogP) is 2.80. The van der Waals surface area contributed by atoms with Crippen LogP contribution in [-0.2, 0) is 16.9 Å². The van der Waals surface area contributed by atoms with Gasteiger partial charge in [-0.25, -0.2) is 9.97 Å². The number of rotatable bonds is 4. The highest BCUT2D eigenvalue weighted by Gasteiger charge is 2.42. The Morgan fingerprint density at radius 1 is 1.59 bits per heavy atom. The van der Waals surface area contributed by atoms with Gasteiger partial charge in [-0.2, -0.15) is 0 Å². The van der Waals surface area contributed by atoms with Gasteiger partial charge in [0, 0.05) is 48.7 Å². The molecule has 3 rings (SSSR count). The van der Waals surface area contributed by atoms with Crippen molar-refractivity contribution in [2.75, 3.05) is 13.1 Å². The molecule has 1 aliphatic rings. The highest BCUT2D eigenvalue weighted by molar-refractivity contribution is 7.15. The first-order valence-corrected chi connectivity index (χ1v) is 9.08. The van der Waals surface area contributed by atoms with Crippen LogP contribution in [0.25, 0.3) is 0 Å². The van der Waals surface area contributed by atoms with Crippen LogP contribution in [0.15, 0.2) is 11.6 Å². The average molecular weight is 357 g/mol. The molecule has 1 aliphatic heterocycles. The molecule has 0 spiro atoms. The summed E-state index contributed by atoms with van der Waals surface area (Å²) in [5.41, 5.74) is 0.622. The first kappa shape index (κ1) is 15.9. The molecule has 0 bridgehead atoms. The van der Waals surface area contributed by atoms with Crippen molar-refractivity contribution in [1.29, 1.82) is 0 Å². The van der Waals surface area contributed by atoms with E-state index in [9.17, 15) is 4.79 Å². The summed E-state index contributed by atoms with van der Waals surface area (Å²) in [5, 5.41) is 6.16. The van der Waals surface area contributed by atoms with Gasteiger partial charge in [-0.15, -0.1) is 22.7 Å². The maximum Gasteiger partial charge on any atom is 0.217 e. The van der Waals surface area contributed by atoms with E-state index in [1.165, 1.54) is 11.3 Å². The summed E-state index contributed by atoms with van der Waals surface area (Å²) < 4.78 is 0.567. The number of carbonyl (C=O) groups excluding carboxylic acids is 1. The quantitative estimate of drug-likeness (QED) is 0.915. The Morgan fingerprint density at radius 2 is 2.41 bits per heavy atom. The lowest BCUT2D eigenvalue weighted by Gasteiger charge is -2.28. The van der Waals surface area contributed by atoms with E-state index in [0.29, 0.717) is 4.47 Å². The minimum absolute atomic E-state index is 0.0180. The highest BCUT2D eigenvalue weighted by Crippen LogP contribution is 2.35. The summed E-state index contributed by atoms with van der Waals surface area (Å²) in [7, 11) is 0. The van der Waals surface area contributed by atoms with Gasteiger partial charge >= 0.3 is 0 Å². The summed E-state index contributed by atoms with van der Waals surface area (Å²) in [6, 6.07) is 0. The number of amides is 1. The number of carbonyl (C=O) groups is 1. The topological polar surface area (TPSA) is 58.1 Å². The molecule has 0 aromatic carbocycles. The zero-order chi connectivity index (χ0) is 15.7. The molecule has 0 saturated carbocycles. The number of thiazole rings is 2. The van der Waals surface area contributed by atoms with Crippen LogP contribution in [0.4, 0.5) is 0 Å². The first-order valence-electron chi connectivity index (χ1n) is 7.01. The molecule has 2 aromatic rings. The van der Waals surface area contributed by atoms with Crippen molar-refractivity contribution >= 4 is 40.2 Å². The summed E-state index contributed by atoms with van der Waals surface area (Å²) in [6.45, 7) is 6.01. The third kappa shape index (κ3) is 3.32. The zero-order valence-electron chi connectivity index (χ0n) is 12.4. The molecule has 118 valence electrons. The molecule has 1 fully saturated rings. The fourth-order valence-electron chi connectivity index (χ4n) is 2.84. The molecular formula is C14H17ClN4OS2. The maximum atomic E-state index is 11.7. The number of aromatic nitrogens is 2. The van der Waals surface area contributed by atoms with E-state index in [-0.39, 0.29) is 11.4 Å². The lowest BCUT2D eigenvalue weighted by Crippen LogP contribution is -2.47. The Labute approximate surface area is 142 Å². The summed E-state index contributed by atoms with van der Waals surface area (Å²) in [4.78, 5) is 23.8. The van der Waals surface area contributed by atoms with Gasteiger partial charge in [-0.05, 0) is 13.3 Å². The fourth-order valence-corrected chi connectivity index (χ4v) is 4.84. The largest absolute Gasteiger partial charge is 0.343 e. The SMILES string of the molecule is CC(=O)NC1(c2nc(C)cs2)CCN(Cc2cnc(Cl)s2)C1. The molecule has 3 heterocycles. The van der Waals surface area contributed by atoms with Crippen LogP contribution in [0.1, 0.15) is 28.9 Å². The molecule has 0 radical (unpaired) electrons. The summed E-state index contributed by atoms with van der Waals surface area (Å²) >= 11 is 9.01. The highest BCUT2D eigenvalue weighted by atomic mass is 35.5. The average Bonchev–Trinajstić information content (AvgIpc) is 3.12. The summed E-state index contributed by atoms with van der Waals surface area (Å²) in [6.07, 6.45) is 2.69. The van der Waals surface area contributed by atoms with Gasteiger partial charge in [-0.3, -0.25) is 9.69 Å². The van der Waals surface area contributed by atoms with Gasteiger partial charge in [0.15, 0.2) is 4.47 Å². The minimum atomic E-state index is -0.376. The number of hydrogen-bond donors (Lipinski definition) is 1. The van der Waals surface area contributed by atoms with E-state index in [0.717, 1.165) is 41.6 Å². The molecule has 0 aliphatic carbocycles. The van der Waals surface area contributed by atoms with Crippen LogP contribution >= 0.6 is 34.3 Å². The maximum absolute atomic E-state index is 11.7. The normalized spacial score (nSPS) is 22.1. The van der Waals surface area contributed by atoms with Crippen molar-refractivity contribution in [2.24, 2.45) is 0 Å². The van der Waals surface area contributed by atoms with Gasteiger partial charge in [0.05, 0.1) is 0 Å². The molecule has 5 nitrogen and oxygen atoms in total. The predicted molar refractivity (Wildman–Crippen MR) is 89.4 cm³/mol. The first-order chi connectivity index (χ1) is 10.5. The molecule has 22 heavy (non-hydrogen) atoms. The van der Waals surface area contributed by atoms with E-state index in [1.54, 1.807) is 18.3 Å². The Balaban J connectivity index is 1.79. The van der Waals surface area contributed by atoms with Crippen LogP contribution in [0, 0.1) is 6.92 Å². The minimum Gasteiger partial charge on any atom is -0.343 e. The second-order valence-electron chi connectivity index (χ2n) is 5.60. The smallest absolute Gasteiger partial charge is 0.217 e. The van der Waals surface area contributed by atoms with Crippen molar-refractivity contribution in [2.45, 2.75) is 32.4 Å². The zero-order valence-corrected chi connectivity index (χ0v) is 14.8. The van der Waals surface area contributed by atoms with E-state index in [4.69, 9.17) is 11.6 Å². The fraction of sp³-hybridized carbons (Fsp3) is 0.500. The second-order valence-corrected chi connectivity index (χ2v) is 8.15. The van der Waals surface area contributed by atoms with Crippen molar-refractivity contribution in [3.05, 3.63) is 31.6 Å². The van der Waals surface area contributed by atoms with E-state index in [1.807, 2.05) is 18.5 Å². The number of likely N-dealkylation sites (tertiary alicyclic amines) is 1. The molecule has 1 amide bonds. The van der Waals surface area contributed by atoms with Crippen LogP contribution in [0.3, 0.4) is 0 Å². The Morgan fingerprint density at radius 3 is 3.00 bits per heavy atom. The van der Waals surface area contributed by atoms with Crippen molar-refractivity contribution in [3.8, 4) is 0 Å². The van der Waals surface area contributed by atoms with Gasteiger partial charge in [-0.1, -0.05) is 11.6 Å². The third-order valence-electron chi connectivity index (χ3n) is 3.70. The molecule has 1 atom stereocenters. The molecule has 1 N–H and O–H groups in total. The van der Waals surface area contributed by atoms with Crippen molar-refractivity contribution < 1.29 is 4.79 Å². The number of halogens is 1. The van der Waals surface area contributed by atoms with Gasteiger partial charge in [0.25, 0.3) is 0 Å². The number of nitrogens with zero attached hydrogens (tertiary/aromatic N) is 3. The van der Waals surface area contributed by atoms with Gasteiger partial charge in [0.2, 0.25) is 5.91 Å². The third-order valence-corrected chi connectivity index (χ3v) is 5.96. The standard InChI is InChI=1S/C14H17ClN4OS2/c1-9-7-21-12(17-9)14(18-10(2)20)3-4-19(8-14)6-11-5-16-13(15)22-11/h5,7H,3-4,6,8H2,1-2H3,(H,18,20). The van der Waals surface area contributed by atoms with Crippen LogP contribution in [0.5, 0.6) is 0 Å². The Kier molecular flexibility index (Phi) is 4.49. The molecule has 1 unspecified atom stereocenters. The van der Waals surface area contributed by atoms with Crippen molar-refractivity contribution in [1.82, 2.24) is 20.2 Å². The monoisotopic (exact) mass is 356 g/mol. The van der Waals surface area contributed by atoms with Gasteiger partial charge < -0.3 is 5.32 Å². The number of hydrogen-bond acceptors (Lipinski definition) is 6. The van der Waals surface area contributed by atoms with E-state index < -0.39 is 0 Å². The van der Waals surface area contributed by atoms with Crippen molar-refractivity contribution in [3.63, 3.8) is 0 Å². The van der Waals surface area contributed by atoms with Crippen LogP contribution < -0.4 is 5.32 Å². The van der Waals surface area contributed by atoms with Gasteiger partial charge in [0.1, 0.15) is 10.5 Å². The molecular weight excluding hydrogens is 340 g/mol. The molecule has 8 heteroatoms. The van der Waals surface area contributed by atoms with Crippen LogP contribution in [0.2, 0.25) is 4.47 Å². The Hall–Kier alpha value is -1.02. The number of nitrogens with one attached hydrogen (secondary N) is 1. The van der Waals surface area contributed by atoms with E-state index >= 15 is 0 Å². The Bertz CT molecular complexity index is 686. The number of aryl methyl sites for hydroxylation is 1. The lowest BCUT2D eigenvalue weighted by molar-refractivity contribution is -0.120. The lowest BCUT2D eigenvalue weighted by atomic mass is 9.99. The van der Waals surface area contributed by atoms with Crippen LogP contribution in [-0.4, -0.2) is 33.9 Å². The second kappa shape index (κ2) is 6.23. The van der Waals surface area contributed by atoms with E-state index in [2.05, 4.69) is 20.2 Å². The molecule has 2 aromatic heterocycles.